The minimum atomic E-state index is -0.441. The molecule has 2 fully saturated rings. The van der Waals surface area contributed by atoms with Crippen molar-refractivity contribution < 1.29 is 14.3 Å². The lowest BCUT2D eigenvalue weighted by Crippen LogP contribution is -2.36. The summed E-state index contributed by atoms with van der Waals surface area (Å²) in [7, 11) is 0. The average molecular weight is 412 g/mol. The maximum absolute atomic E-state index is 12.8. The number of halogens is 1. The summed E-state index contributed by atoms with van der Waals surface area (Å²) in [6.07, 6.45) is 1.73. The number of amides is 3. The Kier molecular flexibility index (Phi) is 5.56. The predicted molar refractivity (Wildman–Crippen MR) is 113 cm³/mol. The Morgan fingerprint density at radius 2 is 1.90 bits per heavy atom. The van der Waals surface area contributed by atoms with Crippen molar-refractivity contribution in [3.8, 4) is 0 Å². The Balaban J connectivity index is 1.53. The number of carbonyl (C=O) groups is 2. The maximum Gasteiger partial charge on any atom is 0.329 e. The number of hydrogen-bond donors (Lipinski definition) is 1. The van der Waals surface area contributed by atoms with Crippen molar-refractivity contribution >= 4 is 35.3 Å². The molecule has 0 spiro atoms. The molecule has 6 nitrogen and oxygen atoms in total. The van der Waals surface area contributed by atoms with Crippen LogP contribution in [0.3, 0.4) is 0 Å². The molecule has 2 saturated heterocycles. The Hall–Kier alpha value is -2.83. The molecule has 1 N–H and O–H groups in total. The van der Waals surface area contributed by atoms with Gasteiger partial charge >= 0.3 is 6.03 Å². The van der Waals surface area contributed by atoms with Gasteiger partial charge in [0.15, 0.2) is 0 Å². The molecule has 0 aromatic heterocycles. The van der Waals surface area contributed by atoms with E-state index < -0.39 is 6.03 Å². The molecule has 0 saturated carbocycles. The van der Waals surface area contributed by atoms with Crippen LogP contribution in [0.5, 0.6) is 0 Å². The fourth-order valence-electron chi connectivity index (χ4n) is 3.51. The standard InChI is InChI=1S/C22H22ClN3O3/c1-15-12-18(25-8-10-29-11-9-25)7-6-16(15)13-20-21(27)26(22(28)24-20)14-17-4-2-3-5-19(17)23/h2-7,12-13H,8-11,14H2,1H3,(H,24,28)/b20-13-. The molecule has 29 heavy (non-hydrogen) atoms. The van der Waals surface area contributed by atoms with Gasteiger partial charge in [-0.3, -0.25) is 9.69 Å². The summed E-state index contributed by atoms with van der Waals surface area (Å²) in [5.41, 5.74) is 4.06. The van der Waals surface area contributed by atoms with E-state index in [1.54, 1.807) is 18.2 Å². The quantitative estimate of drug-likeness (QED) is 0.617. The Bertz CT molecular complexity index is 983. The first-order valence-corrected chi connectivity index (χ1v) is 9.92. The molecule has 2 heterocycles. The molecule has 2 aromatic carbocycles. The molecule has 0 unspecified atom stereocenters. The third-order valence-corrected chi connectivity index (χ3v) is 5.55. The number of carbonyl (C=O) groups excluding carboxylic acids is 2. The first kappa shape index (κ1) is 19.5. The highest BCUT2D eigenvalue weighted by molar-refractivity contribution is 6.31. The van der Waals surface area contributed by atoms with Gasteiger partial charge in [0.05, 0.1) is 19.8 Å². The average Bonchev–Trinajstić information content (AvgIpc) is 2.99. The Labute approximate surface area is 174 Å². The highest BCUT2D eigenvalue weighted by atomic mass is 35.5. The maximum atomic E-state index is 12.8. The summed E-state index contributed by atoms with van der Waals surface area (Å²) in [5.74, 6) is -0.355. The van der Waals surface area contributed by atoms with E-state index in [9.17, 15) is 9.59 Å². The smallest absolute Gasteiger partial charge is 0.329 e. The molecule has 0 radical (unpaired) electrons. The third-order valence-electron chi connectivity index (χ3n) is 5.18. The van der Waals surface area contributed by atoms with E-state index in [2.05, 4.69) is 16.3 Å². The summed E-state index contributed by atoms with van der Waals surface area (Å²) < 4.78 is 5.40. The molecule has 0 atom stereocenters. The Morgan fingerprint density at radius 3 is 2.62 bits per heavy atom. The number of hydrogen-bond acceptors (Lipinski definition) is 4. The molecular weight excluding hydrogens is 390 g/mol. The van der Waals surface area contributed by atoms with Crippen LogP contribution in [-0.2, 0) is 16.1 Å². The van der Waals surface area contributed by atoms with Crippen LogP contribution in [0.25, 0.3) is 6.08 Å². The zero-order valence-electron chi connectivity index (χ0n) is 16.2. The number of ether oxygens (including phenoxy) is 1. The highest BCUT2D eigenvalue weighted by Crippen LogP contribution is 2.24. The minimum absolute atomic E-state index is 0.136. The van der Waals surface area contributed by atoms with Crippen LogP contribution in [0.4, 0.5) is 10.5 Å². The lowest BCUT2D eigenvalue weighted by atomic mass is 10.1. The summed E-state index contributed by atoms with van der Waals surface area (Å²) in [5, 5.41) is 3.20. The van der Waals surface area contributed by atoms with E-state index in [0.29, 0.717) is 5.02 Å². The molecule has 150 valence electrons. The van der Waals surface area contributed by atoms with Crippen LogP contribution in [0.15, 0.2) is 48.2 Å². The van der Waals surface area contributed by atoms with Crippen LogP contribution >= 0.6 is 11.6 Å². The van der Waals surface area contributed by atoms with Crippen LogP contribution in [0.2, 0.25) is 5.02 Å². The van der Waals surface area contributed by atoms with Gasteiger partial charge in [0, 0.05) is 23.8 Å². The number of urea groups is 1. The van der Waals surface area contributed by atoms with E-state index in [4.69, 9.17) is 16.3 Å². The second-order valence-electron chi connectivity index (χ2n) is 7.11. The first-order chi connectivity index (χ1) is 14.0. The van der Waals surface area contributed by atoms with Gasteiger partial charge in [0.25, 0.3) is 5.91 Å². The number of benzene rings is 2. The predicted octanol–water partition coefficient (Wildman–Crippen LogP) is 3.58. The Morgan fingerprint density at radius 1 is 1.14 bits per heavy atom. The van der Waals surface area contributed by atoms with Crippen molar-refractivity contribution in [2.45, 2.75) is 13.5 Å². The second kappa shape index (κ2) is 8.27. The monoisotopic (exact) mass is 411 g/mol. The van der Waals surface area contributed by atoms with E-state index in [-0.39, 0.29) is 18.1 Å². The van der Waals surface area contributed by atoms with Crippen molar-refractivity contribution in [1.29, 1.82) is 0 Å². The number of nitrogens with zero attached hydrogens (tertiary/aromatic N) is 2. The van der Waals surface area contributed by atoms with Crippen LogP contribution in [0.1, 0.15) is 16.7 Å². The van der Waals surface area contributed by atoms with Crippen molar-refractivity contribution in [3.05, 3.63) is 69.9 Å². The topological polar surface area (TPSA) is 61.9 Å². The molecule has 4 rings (SSSR count). The van der Waals surface area contributed by atoms with Gasteiger partial charge in [-0.15, -0.1) is 0 Å². The summed E-state index contributed by atoms with van der Waals surface area (Å²) in [6, 6.07) is 12.9. The highest BCUT2D eigenvalue weighted by Gasteiger charge is 2.33. The second-order valence-corrected chi connectivity index (χ2v) is 7.52. The minimum Gasteiger partial charge on any atom is -0.378 e. The van der Waals surface area contributed by atoms with E-state index in [1.165, 1.54) is 4.90 Å². The fourth-order valence-corrected chi connectivity index (χ4v) is 3.70. The van der Waals surface area contributed by atoms with E-state index >= 15 is 0 Å². The van der Waals surface area contributed by atoms with Crippen molar-refractivity contribution in [2.24, 2.45) is 0 Å². The third kappa shape index (κ3) is 4.13. The van der Waals surface area contributed by atoms with Gasteiger partial charge in [-0.05, 0) is 47.9 Å². The summed E-state index contributed by atoms with van der Waals surface area (Å²) >= 11 is 6.17. The number of imide groups is 1. The molecule has 2 aliphatic rings. The SMILES string of the molecule is Cc1cc(N2CCOCC2)ccc1/C=C1\NC(=O)N(Cc2ccccc2Cl)C1=O. The van der Waals surface area contributed by atoms with Crippen molar-refractivity contribution in [3.63, 3.8) is 0 Å². The zero-order chi connectivity index (χ0) is 20.4. The summed E-state index contributed by atoms with van der Waals surface area (Å²) in [4.78, 5) is 28.6. The summed E-state index contributed by atoms with van der Waals surface area (Å²) in [6.45, 7) is 5.33. The largest absolute Gasteiger partial charge is 0.378 e. The molecule has 0 bridgehead atoms. The zero-order valence-corrected chi connectivity index (χ0v) is 16.9. The van der Waals surface area contributed by atoms with Gasteiger partial charge in [0.2, 0.25) is 0 Å². The molecule has 7 heteroatoms. The van der Waals surface area contributed by atoms with Gasteiger partial charge < -0.3 is 15.0 Å². The number of anilines is 1. The number of morpholine rings is 1. The van der Waals surface area contributed by atoms with Crippen LogP contribution < -0.4 is 10.2 Å². The van der Waals surface area contributed by atoms with Crippen molar-refractivity contribution in [1.82, 2.24) is 10.2 Å². The van der Waals surface area contributed by atoms with Crippen molar-refractivity contribution in [2.75, 3.05) is 31.2 Å². The lowest BCUT2D eigenvalue weighted by molar-refractivity contribution is -0.123. The molecular formula is C22H22ClN3O3. The van der Waals surface area contributed by atoms with E-state index in [0.717, 1.165) is 48.7 Å². The molecule has 2 aromatic rings. The number of nitrogens with one attached hydrogen (secondary N) is 1. The normalized spacial score (nSPS) is 18.5. The van der Waals surface area contributed by atoms with Gasteiger partial charge in [0.1, 0.15) is 5.70 Å². The first-order valence-electron chi connectivity index (χ1n) is 9.54. The number of aryl methyl sites for hydroxylation is 1. The lowest BCUT2D eigenvalue weighted by Gasteiger charge is -2.29. The fraction of sp³-hybridized carbons (Fsp3) is 0.273. The van der Waals surface area contributed by atoms with E-state index in [1.807, 2.05) is 31.2 Å². The molecule has 0 aliphatic carbocycles. The molecule has 3 amide bonds. The van der Waals surface area contributed by atoms with Gasteiger partial charge in [-0.25, -0.2) is 4.79 Å². The molecule has 2 aliphatic heterocycles. The van der Waals surface area contributed by atoms with Gasteiger partial charge in [-0.2, -0.15) is 0 Å². The van der Waals surface area contributed by atoms with Crippen LogP contribution in [-0.4, -0.2) is 43.1 Å². The van der Waals surface area contributed by atoms with Gasteiger partial charge in [-0.1, -0.05) is 35.9 Å². The van der Waals surface area contributed by atoms with Crippen LogP contribution in [0, 0.1) is 6.92 Å². The number of rotatable bonds is 4.